The zero-order valence-corrected chi connectivity index (χ0v) is 20.6. The zero-order valence-electron chi connectivity index (χ0n) is 20.6. The first-order valence-corrected chi connectivity index (χ1v) is 11.5. The molecule has 0 fully saturated rings. The van der Waals surface area contributed by atoms with E-state index >= 15 is 0 Å². The fraction of sp³-hybridized carbons (Fsp3) is 0.704. The Morgan fingerprint density at radius 3 is 1.42 bits per heavy atom. The number of hydrogen-bond donors (Lipinski definition) is 0. The molecule has 0 aromatic heterocycles. The van der Waals surface area contributed by atoms with Crippen LogP contribution in [0.25, 0.3) is 0 Å². The number of rotatable bonds is 8. The van der Waals surface area contributed by atoms with Gasteiger partial charge in [-0.3, -0.25) is 9.59 Å². The third-order valence-electron chi connectivity index (χ3n) is 7.39. The highest BCUT2D eigenvalue weighted by Gasteiger charge is 2.38. The Morgan fingerprint density at radius 2 is 1.18 bits per heavy atom. The molecular formula is C27H44O6. The van der Waals surface area contributed by atoms with Crippen LogP contribution in [0.15, 0.2) is 23.3 Å². The number of methoxy groups -OCH3 is 2. The highest BCUT2D eigenvalue weighted by molar-refractivity contribution is 5.71. The van der Waals surface area contributed by atoms with Gasteiger partial charge in [0, 0.05) is 23.7 Å². The number of esters is 2. The second kappa shape index (κ2) is 14.1. The van der Waals surface area contributed by atoms with Gasteiger partial charge < -0.3 is 19.1 Å². The lowest BCUT2D eigenvalue weighted by atomic mass is 9.66. The lowest BCUT2D eigenvalue weighted by Crippen LogP contribution is -2.33. The van der Waals surface area contributed by atoms with E-state index in [2.05, 4.69) is 49.3 Å². The van der Waals surface area contributed by atoms with Gasteiger partial charge in [0.05, 0.1) is 14.2 Å². The first kappa shape index (κ1) is 30.8. The summed E-state index contributed by atoms with van der Waals surface area (Å²) in [5.41, 5.74) is 1.94. The van der Waals surface area contributed by atoms with Crippen LogP contribution in [-0.2, 0) is 28.7 Å². The fourth-order valence-electron chi connectivity index (χ4n) is 4.69. The van der Waals surface area contributed by atoms with E-state index in [1.807, 2.05) is 0 Å². The summed E-state index contributed by atoms with van der Waals surface area (Å²) in [6.07, 6.45) is 11.5. The molecule has 0 heterocycles. The highest BCUT2D eigenvalue weighted by atomic mass is 16.5. The molecule has 0 unspecified atom stereocenters. The fourth-order valence-corrected chi connectivity index (χ4v) is 4.69. The summed E-state index contributed by atoms with van der Waals surface area (Å²) in [6.45, 7) is 8.35. The van der Waals surface area contributed by atoms with Crippen LogP contribution in [0.3, 0.4) is 0 Å². The molecule has 6 heteroatoms. The van der Waals surface area contributed by atoms with Crippen LogP contribution in [0.1, 0.15) is 86.5 Å². The maximum Gasteiger partial charge on any atom is 0.305 e. The lowest BCUT2D eigenvalue weighted by molar-refractivity contribution is -0.143. The van der Waals surface area contributed by atoms with Crippen LogP contribution in [0.2, 0.25) is 0 Å². The molecule has 4 atom stereocenters. The minimum atomic E-state index is -0.367. The Hall–Kier alpha value is -2.24. The number of allylic oxidation sites excluding steroid dienone is 4. The molecule has 0 saturated carbocycles. The van der Waals surface area contributed by atoms with Gasteiger partial charge in [-0.05, 0) is 64.2 Å². The van der Waals surface area contributed by atoms with E-state index in [4.69, 9.17) is 0 Å². The molecule has 188 valence electrons. The van der Waals surface area contributed by atoms with Gasteiger partial charge in [0.2, 0.25) is 0 Å². The Balaban J connectivity index is 0.000000602. The normalized spacial score (nSPS) is 28.5. The highest BCUT2D eigenvalue weighted by Crippen LogP contribution is 2.43. The Labute approximate surface area is 200 Å². The van der Waals surface area contributed by atoms with Crippen molar-refractivity contribution in [3.05, 3.63) is 23.3 Å². The maximum atomic E-state index is 11.3. The average Bonchev–Trinajstić information content (AvgIpc) is 2.78. The van der Waals surface area contributed by atoms with Gasteiger partial charge in [-0.2, -0.15) is 0 Å². The maximum absolute atomic E-state index is 11.3. The Bertz CT molecular complexity index is 675. The summed E-state index contributed by atoms with van der Waals surface area (Å²) in [6, 6.07) is 0. The van der Waals surface area contributed by atoms with E-state index < -0.39 is 0 Å². The Kier molecular flexibility index (Phi) is 13.2. The van der Waals surface area contributed by atoms with Crippen LogP contribution in [0, 0.1) is 22.7 Å². The molecule has 0 spiro atoms. The van der Waals surface area contributed by atoms with Crippen molar-refractivity contribution in [2.24, 2.45) is 22.7 Å². The van der Waals surface area contributed by atoms with E-state index in [0.29, 0.717) is 37.5 Å². The van der Waals surface area contributed by atoms with Gasteiger partial charge in [0.25, 0.3) is 0 Å². The molecule has 2 rings (SSSR count). The molecule has 0 amide bonds. The smallest absolute Gasteiger partial charge is 0.305 e. The molecule has 6 nitrogen and oxygen atoms in total. The standard InChI is InChI=1S/2C13H20O3.CH4/c2*1-10-4-6-13(9-14,11(2)8-10)7-5-12(15)16-3;/h2*4,9,11H,5-8H2,1-3H3;1H4/t11-,13+;11-,13-;/m01./s1. The quantitative estimate of drug-likeness (QED) is 0.262. The predicted molar refractivity (Wildman–Crippen MR) is 131 cm³/mol. The van der Waals surface area contributed by atoms with E-state index in [1.54, 1.807) is 0 Å². The van der Waals surface area contributed by atoms with Gasteiger partial charge in [-0.25, -0.2) is 0 Å². The SMILES string of the molecule is C.COC(=O)CC[C@@]1(C=O)CC=C(C)C[C@@H]1C.COC(=O)CC[C@@]1(C=O)CC=C(C)C[C@H]1C. The molecule has 0 N–H and O–H groups in total. The molecule has 0 aromatic rings. The lowest BCUT2D eigenvalue weighted by Gasteiger charge is -2.37. The molecule has 0 bridgehead atoms. The Morgan fingerprint density at radius 1 is 0.848 bits per heavy atom. The molecule has 2 aliphatic rings. The van der Waals surface area contributed by atoms with Crippen molar-refractivity contribution in [3.8, 4) is 0 Å². The van der Waals surface area contributed by atoms with Crippen molar-refractivity contribution in [2.75, 3.05) is 14.2 Å². The molecule has 0 aromatic carbocycles. The van der Waals surface area contributed by atoms with Gasteiger partial charge in [-0.15, -0.1) is 0 Å². The number of hydrogen-bond acceptors (Lipinski definition) is 6. The first-order valence-electron chi connectivity index (χ1n) is 11.5. The zero-order chi connectivity index (χ0) is 24.4. The molecule has 33 heavy (non-hydrogen) atoms. The van der Waals surface area contributed by atoms with Crippen LogP contribution in [0.4, 0.5) is 0 Å². The number of aldehydes is 2. The second-order valence-electron chi connectivity index (χ2n) is 9.57. The van der Waals surface area contributed by atoms with Crippen molar-refractivity contribution in [1.82, 2.24) is 0 Å². The largest absolute Gasteiger partial charge is 0.469 e. The first-order chi connectivity index (χ1) is 15.1. The minimum Gasteiger partial charge on any atom is -0.469 e. The molecule has 2 aliphatic carbocycles. The summed E-state index contributed by atoms with van der Waals surface area (Å²) in [7, 11) is 2.76. The van der Waals surface area contributed by atoms with Crippen LogP contribution in [0.5, 0.6) is 0 Å². The van der Waals surface area contributed by atoms with Crippen molar-refractivity contribution >= 4 is 24.5 Å². The summed E-state index contributed by atoms with van der Waals surface area (Å²) in [4.78, 5) is 44.9. The van der Waals surface area contributed by atoms with Gasteiger partial charge in [0.15, 0.2) is 0 Å². The van der Waals surface area contributed by atoms with Crippen LogP contribution >= 0.6 is 0 Å². The van der Waals surface area contributed by atoms with Crippen LogP contribution in [-0.4, -0.2) is 38.7 Å². The van der Waals surface area contributed by atoms with Crippen molar-refractivity contribution < 1.29 is 28.7 Å². The number of carbonyl (C=O) groups excluding carboxylic acids is 4. The summed E-state index contributed by atoms with van der Waals surface area (Å²) >= 11 is 0. The topological polar surface area (TPSA) is 86.7 Å². The molecule has 0 radical (unpaired) electrons. The summed E-state index contributed by atoms with van der Waals surface area (Å²) < 4.78 is 9.23. The van der Waals surface area contributed by atoms with Crippen LogP contribution < -0.4 is 0 Å². The van der Waals surface area contributed by atoms with E-state index in [-0.39, 0.29) is 30.2 Å². The van der Waals surface area contributed by atoms with Gasteiger partial charge >= 0.3 is 11.9 Å². The monoisotopic (exact) mass is 464 g/mol. The summed E-state index contributed by atoms with van der Waals surface area (Å²) in [5.74, 6) is 0.138. The third kappa shape index (κ3) is 8.56. The minimum absolute atomic E-state index is 0. The molecular weight excluding hydrogens is 420 g/mol. The van der Waals surface area contributed by atoms with Crippen molar-refractivity contribution in [2.45, 2.75) is 86.5 Å². The predicted octanol–water partition coefficient (Wildman–Crippen LogP) is 5.64. The third-order valence-corrected chi connectivity index (χ3v) is 7.39. The van der Waals surface area contributed by atoms with Crippen molar-refractivity contribution in [1.29, 1.82) is 0 Å². The van der Waals surface area contributed by atoms with E-state index in [1.165, 1.54) is 25.4 Å². The number of ether oxygens (including phenoxy) is 2. The van der Waals surface area contributed by atoms with E-state index in [9.17, 15) is 19.2 Å². The van der Waals surface area contributed by atoms with Crippen molar-refractivity contribution in [3.63, 3.8) is 0 Å². The van der Waals surface area contributed by atoms with Gasteiger partial charge in [-0.1, -0.05) is 44.6 Å². The molecule has 0 aliphatic heterocycles. The molecule has 0 saturated heterocycles. The van der Waals surface area contributed by atoms with E-state index in [0.717, 1.165) is 38.3 Å². The number of carbonyl (C=O) groups is 4. The van der Waals surface area contributed by atoms with Gasteiger partial charge in [0.1, 0.15) is 12.6 Å². The second-order valence-corrected chi connectivity index (χ2v) is 9.57. The summed E-state index contributed by atoms with van der Waals surface area (Å²) in [5, 5.41) is 0. The average molecular weight is 465 g/mol.